The molecule has 10 heteroatoms. The topological polar surface area (TPSA) is 79.4 Å². The number of carbonyl (C=O) groups excluding carboxylic acids is 1. The lowest BCUT2D eigenvalue weighted by Gasteiger charge is -2.21. The molecule has 1 N–H and O–H groups in total. The van der Waals surface area contributed by atoms with Gasteiger partial charge in [-0.05, 0) is 47.2 Å². The predicted molar refractivity (Wildman–Crippen MR) is 148 cm³/mol. The van der Waals surface area contributed by atoms with Crippen molar-refractivity contribution in [3.05, 3.63) is 86.9 Å². The van der Waals surface area contributed by atoms with E-state index in [1.54, 1.807) is 11.3 Å². The zero-order chi connectivity index (χ0) is 25.7. The number of benzene rings is 2. The third-order valence-electron chi connectivity index (χ3n) is 5.54. The summed E-state index contributed by atoms with van der Waals surface area (Å²) in [6.45, 7) is 5.22. The maximum atomic E-state index is 12.6. The van der Waals surface area contributed by atoms with Gasteiger partial charge in [-0.2, -0.15) is 0 Å². The van der Waals surface area contributed by atoms with Gasteiger partial charge in [-0.3, -0.25) is 4.79 Å². The summed E-state index contributed by atoms with van der Waals surface area (Å²) in [4.78, 5) is 20.6. The number of hydrogen-bond donors (Lipinski definition) is 1. The third-order valence-corrected chi connectivity index (χ3v) is 8.95. The summed E-state index contributed by atoms with van der Waals surface area (Å²) in [6, 6.07) is 18.1. The number of halogens is 1. The Hall–Kier alpha value is -2.72. The van der Waals surface area contributed by atoms with E-state index in [-0.39, 0.29) is 11.3 Å². The number of thiazole rings is 1. The van der Waals surface area contributed by atoms with Crippen LogP contribution in [0.4, 0.5) is 5.13 Å². The van der Waals surface area contributed by atoms with Crippen LogP contribution in [-0.2, 0) is 21.4 Å². The number of amides is 1. The highest BCUT2D eigenvalue weighted by Gasteiger charge is 2.20. The minimum absolute atomic E-state index is 0.00378. The van der Waals surface area contributed by atoms with Gasteiger partial charge in [0, 0.05) is 33.8 Å². The van der Waals surface area contributed by atoms with E-state index < -0.39 is 15.9 Å². The monoisotopic (exact) mass is 559 g/mol. The average Bonchev–Trinajstić information content (AvgIpc) is 3.54. The Kier molecular flexibility index (Phi) is 8.46. The van der Waals surface area contributed by atoms with E-state index in [0.29, 0.717) is 24.0 Å². The number of rotatable bonds is 10. The molecule has 1 amide bonds. The fourth-order valence-electron chi connectivity index (χ4n) is 3.52. The van der Waals surface area contributed by atoms with Crippen LogP contribution in [0, 0.1) is 0 Å². The molecule has 0 aliphatic heterocycles. The molecular formula is C26H26ClN3O3S3. The molecule has 0 radical (unpaired) electrons. The smallest absolute Gasteiger partial charge is 0.264 e. The third kappa shape index (κ3) is 6.73. The van der Waals surface area contributed by atoms with Crippen molar-refractivity contribution in [1.82, 2.24) is 9.71 Å². The molecule has 0 aliphatic rings. The van der Waals surface area contributed by atoms with E-state index in [1.807, 2.05) is 27.8 Å². The number of nitrogens with one attached hydrogen (secondary N) is 1. The van der Waals surface area contributed by atoms with Gasteiger partial charge in [0.1, 0.15) is 0 Å². The first kappa shape index (κ1) is 26.3. The predicted octanol–water partition coefficient (Wildman–Crippen LogP) is 6.55. The quantitative estimate of drug-likeness (QED) is 0.238. The van der Waals surface area contributed by atoms with Gasteiger partial charge < -0.3 is 4.90 Å². The van der Waals surface area contributed by atoms with Crippen LogP contribution in [0.25, 0.3) is 11.3 Å². The molecule has 0 fully saturated rings. The molecule has 0 saturated carbocycles. The van der Waals surface area contributed by atoms with Gasteiger partial charge in [-0.15, -0.1) is 22.7 Å². The Morgan fingerprint density at radius 3 is 2.42 bits per heavy atom. The zero-order valence-electron chi connectivity index (χ0n) is 19.8. The van der Waals surface area contributed by atoms with Crippen LogP contribution in [0.3, 0.4) is 0 Å². The SMILES string of the molecule is CC(C)c1ccc(-c2csc(N(CCC(=O)NS(=O)(=O)c3ccc(Cl)cc3)Cc3cccs3)n2)cc1. The van der Waals surface area contributed by atoms with Gasteiger partial charge in [-0.25, -0.2) is 18.1 Å². The van der Waals surface area contributed by atoms with Crippen molar-refractivity contribution in [1.29, 1.82) is 0 Å². The number of carbonyl (C=O) groups is 1. The van der Waals surface area contributed by atoms with Crippen LogP contribution in [0.2, 0.25) is 5.02 Å². The maximum absolute atomic E-state index is 12.6. The zero-order valence-corrected chi connectivity index (χ0v) is 23.1. The first-order chi connectivity index (χ1) is 17.2. The summed E-state index contributed by atoms with van der Waals surface area (Å²) < 4.78 is 27.3. The summed E-state index contributed by atoms with van der Waals surface area (Å²) in [5, 5.41) is 5.21. The molecule has 0 atom stereocenters. The van der Waals surface area contributed by atoms with Gasteiger partial charge in [0.2, 0.25) is 5.91 Å². The van der Waals surface area contributed by atoms with Crippen LogP contribution in [0.5, 0.6) is 0 Å². The minimum Gasteiger partial charge on any atom is -0.342 e. The summed E-state index contributed by atoms with van der Waals surface area (Å²) in [5.41, 5.74) is 3.18. The molecule has 36 heavy (non-hydrogen) atoms. The average molecular weight is 560 g/mol. The van der Waals surface area contributed by atoms with Crippen LogP contribution < -0.4 is 9.62 Å². The van der Waals surface area contributed by atoms with E-state index in [4.69, 9.17) is 16.6 Å². The molecule has 0 saturated heterocycles. The molecular weight excluding hydrogens is 534 g/mol. The highest BCUT2D eigenvalue weighted by Crippen LogP contribution is 2.30. The Morgan fingerprint density at radius 1 is 1.06 bits per heavy atom. The molecule has 0 unspecified atom stereocenters. The van der Waals surface area contributed by atoms with Gasteiger partial charge in [0.05, 0.1) is 17.1 Å². The largest absolute Gasteiger partial charge is 0.342 e. The Labute approximate surface area is 224 Å². The molecule has 0 bridgehead atoms. The summed E-state index contributed by atoms with van der Waals surface area (Å²) >= 11 is 8.97. The van der Waals surface area contributed by atoms with Gasteiger partial charge in [0.15, 0.2) is 5.13 Å². The fraction of sp³-hybridized carbons (Fsp3) is 0.231. The van der Waals surface area contributed by atoms with Crippen molar-refractivity contribution in [3.63, 3.8) is 0 Å². The van der Waals surface area contributed by atoms with Crippen LogP contribution in [0.1, 0.15) is 36.6 Å². The number of sulfonamides is 1. The first-order valence-electron chi connectivity index (χ1n) is 11.4. The maximum Gasteiger partial charge on any atom is 0.264 e. The number of thiophene rings is 1. The number of aromatic nitrogens is 1. The van der Waals surface area contributed by atoms with E-state index in [9.17, 15) is 13.2 Å². The van der Waals surface area contributed by atoms with Crippen LogP contribution in [0.15, 0.2) is 76.3 Å². The highest BCUT2D eigenvalue weighted by molar-refractivity contribution is 7.90. The number of hydrogen-bond acceptors (Lipinski definition) is 7. The molecule has 188 valence electrons. The molecule has 0 aliphatic carbocycles. The molecule has 6 nitrogen and oxygen atoms in total. The van der Waals surface area contributed by atoms with Gasteiger partial charge in [0.25, 0.3) is 10.0 Å². The van der Waals surface area contributed by atoms with E-state index in [2.05, 4.69) is 42.8 Å². The van der Waals surface area contributed by atoms with Crippen LogP contribution in [-0.4, -0.2) is 25.9 Å². The molecule has 4 aromatic rings. The molecule has 2 aromatic heterocycles. The van der Waals surface area contributed by atoms with Crippen molar-refractivity contribution < 1.29 is 13.2 Å². The van der Waals surface area contributed by atoms with E-state index >= 15 is 0 Å². The lowest BCUT2D eigenvalue weighted by Crippen LogP contribution is -2.34. The Morgan fingerprint density at radius 2 is 1.78 bits per heavy atom. The standard InChI is InChI=1S/C26H26ClN3O3S3/c1-18(2)19-5-7-20(8-6-19)24-17-35-26(28-24)30(16-22-4-3-15-34-22)14-13-25(31)29-36(32,33)23-11-9-21(27)10-12-23/h3-12,15,17-18H,13-14,16H2,1-2H3,(H,29,31). The Balaban J connectivity index is 1.47. The normalized spacial score (nSPS) is 11.6. The minimum atomic E-state index is -3.97. The lowest BCUT2D eigenvalue weighted by atomic mass is 10.0. The van der Waals surface area contributed by atoms with E-state index in [1.165, 1.54) is 41.2 Å². The van der Waals surface area contributed by atoms with Gasteiger partial charge >= 0.3 is 0 Å². The molecule has 2 aromatic carbocycles. The number of nitrogens with zero attached hydrogens (tertiary/aromatic N) is 2. The van der Waals surface area contributed by atoms with Crippen molar-refractivity contribution in [2.24, 2.45) is 0 Å². The molecule has 2 heterocycles. The Bertz CT molecular complexity index is 1400. The second-order valence-electron chi connectivity index (χ2n) is 8.53. The summed E-state index contributed by atoms with van der Waals surface area (Å²) in [6.07, 6.45) is -0.00378. The second kappa shape index (κ2) is 11.6. The van der Waals surface area contributed by atoms with E-state index in [0.717, 1.165) is 21.3 Å². The fourth-order valence-corrected chi connectivity index (χ4v) is 6.25. The second-order valence-corrected chi connectivity index (χ2v) is 12.5. The lowest BCUT2D eigenvalue weighted by molar-refractivity contribution is -0.119. The first-order valence-corrected chi connectivity index (χ1v) is 15.0. The summed E-state index contributed by atoms with van der Waals surface area (Å²) in [7, 11) is -3.97. The van der Waals surface area contributed by atoms with Crippen LogP contribution >= 0.6 is 34.3 Å². The van der Waals surface area contributed by atoms with Crippen molar-refractivity contribution in [2.45, 2.75) is 37.6 Å². The van der Waals surface area contributed by atoms with Crippen molar-refractivity contribution >= 4 is 55.3 Å². The molecule has 4 rings (SSSR count). The number of anilines is 1. The van der Waals surface area contributed by atoms with Gasteiger partial charge in [-0.1, -0.05) is 55.8 Å². The molecule has 0 spiro atoms. The highest BCUT2D eigenvalue weighted by atomic mass is 35.5. The summed E-state index contributed by atoms with van der Waals surface area (Å²) in [5.74, 6) is -0.122. The van der Waals surface area contributed by atoms with Crippen molar-refractivity contribution in [2.75, 3.05) is 11.4 Å². The van der Waals surface area contributed by atoms with Crippen molar-refractivity contribution in [3.8, 4) is 11.3 Å².